The summed E-state index contributed by atoms with van der Waals surface area (Å²) in [6.45, 7) is 3.81. The van der Waals surface area contributed by atoms with Gasteiger partial charge in [-0.15, -0.1) is 0 Å². The number of nitrogens with zero attached hydrogens (tertiary/aromatic N) is 1. The zero-order valence-corrected chi connectivity index (χ0v) is 13.6. The highest BCUT2D eigenvalue weighted by atomic mass is 16.5. The lowest BCUT2D eigenvalue weighted by atomic mass is 9.94. The predicted octanol–water partition coefficient (Wildman–Crippen LogP) is 2.63. The van der Waals surface area contributed by atoms with Crippen molar-refractivity contribution in [3.8, 4) is 5.88 Å². The molecule has 0 spiro atoms. The molecular formula is C17H24N2O4. The number of rotatable bonds is 5. The van der Waals surface area contributed by atoms with Gasteiger partial charge in [-0.3, -0.25) is 9.59 Å². The van der Waals surface area contributed by atoms with Crippen LogP contribution >= 0.6 is 0 Å². The molecule has 0 saturated heterocycles. The maximum Gasteiger partial charge on any atom is 0.308 e. The van der Waals surface area contributed by atoms with Gasteiger partial charge in [0.15, 0.2) is 0 Å². The molecule has 1 aliphatic rings. The fourth-order valence-corrected chi connectivity index (χ4v) is 2.85. The smallest absolute Gasteiger partial charge is 0.308 e. The second-order valence-electron chi connectivity index (χ2n) is 6.21. The maximum absolute atomic E-state index is 12.3. The molecule has 2 atom stereocenters. The van der Waals surface area contributed by atoms with Gasteiger partial charge in [0.1, 0.15) is 0 Å². The monoisotopic (exact) mass is 320 g/mol. The largest absolute Gasteiger partial charge is 0.481 e. The fourth-order valence-electron chi connectivity index (χ4n) is 2.85. The van der Waals surface area contributed by atoms with Crippen LogP contribution in [0.15, 0.2) is 18.3 Å². The van der Waals surface area contributed by atoms with Gasteiger partial charge in [0, 0.05) is 18.3 Å². The minimum absolute atomic E-state index is 0.0180. The molecule has 1 heterocycles. The van der Waals surface area contributed by atoms with Crippen LogP contribution in [0.3, 0.4) is 0 Å². The number of pyridine rings is 1. The zero-order valence-electron chi connectivity index (χ0n) is 13.6. The number of ether oxygens (including phenoxy) is 1. The van der Waals surface area contributed by atoms with E-state index in [0.29, 0.717) is 24.3 Å². The van der Waals surface area contributed by atoms with E-state index in [2.05, 4.69) is 10.3 Å². The van der Waals surface area contributed by atoms with Crippen LogP contribution in [0.1, 0.15) is 56.3 Å². The van der Waals surface area contributed by atoms with Gasteiger partial charge in [-0.1, -0.05) is 19.3 Å². The number of aromatic nitrogens is 1. The number of hydrogen-bond donors (Lipinski definition) is 2. The van der Waals surface area contributed by atoms with E-state index >= 15 is 0 Å². The summed E-state index contributed by atoms with van der Waals surface area (Å²) in [4.78, 5) is 27.9. The predicted molar refractivity (Wildman–Crippen MR) is 85.5 cm³/mol. The molecule has 0 aliphatic heterocycles. The van der Waals surface area contributed by atoms with Crippen molar-refractivity contribution < 1.29 is 19.4 Å². The SMILES string of the molecule is CC(C)Oc1ccc(C(=O)N[C@H]2CCCCC[C@H]2C(=O)O)cn1. The van der Waals surface area contributed by atoms with Crippen molar-refractivity contribution in [2.24, 2.45) is 5.92 Å². The van der Waals surface area contributed by atoms with Crippen molar-refractivity contribution >= 4 is 11.9 Å². The van der Waals surface area contributed by atoms with E-state index in [1.807, 2.05) is 13.8 Å². The Labute approximate surface area is 136 Å². The van der Waals surface area contributed by atoms with Crippen LogP contribution in [-0.4, -0.2) is 34.1 Å². The molecule has 2 rings (SSSR count). The van der Waals surface area contributed by atoms with Crippen molar-refractivity contribution in [1.29, 1.82) is 0 Å². The molecule has 0 unspecified atom stereocenters. The number of aliphatic carboxylic acids is 1. The van der Waals surface area contributed by atoms with E-state index in [-0.39, 0.29) is 18.1 Å². The molecule has 126 valence electrons. The molecule has 6 nitrogen and oxygen atoms in total. The van der Waals surface area contributed by atoms with Gasteiger partial charge >= 0.3 is 5.97 Å². The molecular weight excluding hydrogens is 296 g/mol. The first-order valence-corrected chi connectivity index (χ1v) is 8.13. The van der Waals surface area contributed by atoms with Gasteiger partial charge in [-0.25, -0.2) is 4.98 Å². The second-order valence-corrected chi connectivity index (χ2v) is 6.21. The van der Waals surface area contributed by atoms with Crippen LogP contribution in [0.25, 0.3) is 0 Å². The van der Waals surface area contributed by atoms with Gasteiger partial charge in [-0.05, 0) is 32.8 Å². The normalized spacial score (nSPS) is 21.5. The lowest BCUT2D eigenvalue weighted by molar-refractivity contribution is -0.142. The summed E-state index contributed by atoms with van der Waals surface area (Å²) in [7, 11) is 0. The summed E-state index contributed by atoms with van der Waals surface area (Å²) in [6.07, 6.45) is 5.63. The Kier molecular flexibility index (Phi) is 5.96. The number of hydrogen-bond acceptors (Lipinski definition) is 4. The average molecular weight is 320 g/mol. The third-order valence-electron chi connectivity index (χ3n) is 4.00. The summed E-state index contributed by atoms with van der Waals surface area (Å²) in [5.74, 6) is -1.17. The zero-order chi connectivity index (χ0) is 16.8. The third kappa shape index (κ3) is 4.94. The first-order chi connectivity index (χ1) is 11.0. The van der Waals surface area contributed by atoms with E-state index in [4.69, 9.17) is 4.74 Å². The Bertz CT molecular complexity index is 542. The number of amides is 1. The Morgan fingerprint density at radius 2 is 2.00 bits per heavy atom. The molecule has 0 bridgehead atoms. The van der Waals surface area contributed by atoms with Gasteiger partial charge < -0.3 is 15.2 Å². The van der Waals surface area contributed by atoms with Crippen LogP contribution in [0, 0.1) is 5.92 Å². The molecule has 1 fully saturated rings. The number of carbonyl (C=O) groups excluding carboxylic acids is 1. The molecule has 23 heavy (non-hydrogen) atoms. The summed E-state index contributed by atoms with van der Waals surface area (Å²) in [5, 5.41) is 12.2. The highest BCUT2D eigenvalue weighted by Crippen LogP contribution is 2.24. The van der Waals surface area contributed by atoms with Crippen LogP contribution < -0.4 is 10.1 Å². The van der Waals surface area contributed by atoms with Crippen LogP contribution in [0.2, 0.25) is 0 Å². The van der Waals surface area contributed by atoms with Crippen LogP contribution in [-0.2, 0) is 4.79 Å². The van der Waals surface area contributed by atoms with E-state index in [0.717, 1.165) is 19.3 Å². The topological polar surface area (TPSA) is 88.5 Å². The molecule has 1 amide bonds. The van der Waals surface area contributed by atoms with E-state index in [1.165, 1.54) is 6.20 Å². The lowest BCUT2D eigenvalue weighted by Crippen LogP contribution is -2.42. The molecule has 6 heteroatoms. The molecule has 2 N–H and O–H groups in total. The molecule has 0 radical (unpaired) electrons. The fraction of sp³-hybridized carbons (Fsp3) is 0.588. The van der Waals surface area contributed by atoms with Gasteiger partial charge in [0.05, 0.1) is 17.6 Å². The highest BCUT2D eigenvalue weighted by molar-refractivity contribution is 5.94. The van der Waals surface area contributed by atoms with Crippen LogP contribution in [0.4, 0.5) is 0 Å². The lowest BCUT2D eigenvalue weighted by Gasteiger charge is -2.22. The minimum Gasteiger partial charge on any atom is -0.481 e. The molecule has 1 aliphatic carbocycles. The molecule has 1 aromatic heterocycles. The standard InChI is InChI=1S/C17H24N2O4/c1-11(2)23-15-9-8-12(10-18-15)16(20)19-14-7-5-3-4-6-13(14)17(21)22/h8-11,13-14H,3-7H2,1-2H3,(H,19,20)(H,21,22)/t13-,14+/m1/s1. The Hall–Kier alpha value is -2.11. The summed E-state index contributed by atoms with van der Waals surface area (Å²) in [6, 6.07) is 2.97. The van der Waals surface area contributed by atoms with Gasteiger partial charge in [-0.2, -0.15) is 0 Å². The number of carboxylic acid groups (broad SMARTS) is 1. The van der Waals surface area contributed by atoms with Gasteiger partial charge in [0.25, 0.3) is 5.91 Å². The Morgan fingerprint density at radius 3 is 2.61 bits per heavy atom. The summed E-state index contributed by atoms with van der Waals surface area (Å²) >= 11 is 0. The van der Waals surface area contributed by atoms with Crippen molar-refractivity contribution in [1.82, 2.24) is 10.3 Å². The summed E-state index contributed by atoms with van der Waals surface area (Å²) < 4.78 is 5.44. The average Bonchev–Trinajstić information content (AvgIpc) is 2.72. The highest BCUT2D eigenvalue weighted by Gasteiger charge is 2.30. The number of carboxylic acids is 1. The third-order valence-corrected chi connectivity index (χ3v) is 4.00. The maximum atomic E-state index is 12.3. The summed E-state index contributed by atoms with van der Waals surface area (Å²) in [5.41, 5.74) is 0.412. The first-order valence-electron chi connectivity index (χ1n) is 8.13. The van der Waals surface area contributed by atoms with Gasteiger partial charge in [0.2, 0.25) is 5.88 Å². The van der Waals surface area contributed by atoms with Crippen molar-refractivity contribution in [2.75, 3.05) is 0 Å². The Morgan fingerprint density at radius 1 is 1.26 bits per heavy atom. The second kappa shape index (κ2) is 7.94. The number of carbonyl (C=O) groups is 2. The van der Waals surface area contributed by atoms with E-state index in [9.17, 15) is 14.7 Å². The number of nitrogens with one attached hydrogen (secondary N) is 1. The molecule has 1 aromatic rings. The molecule has 0 aromatic carbocycles. The van der Waals surface area contributed by atoms with Crippen molar-refractivity contribution in [3.05, 3.63) is 23.9 Å². The van der Waals surface area contributed by atoms with Crippen molar-refractivity contribution in [3.63, 3.8) is 0 Å². The minimum atomic E-state index is -0.837. The quantitative estimate of drug-likeness (QED) is 0.814. The van der Waals surface area contributed by atoms with Crippen LogP contribution in [0.5, 0.6) is 5.88 Å². The first kappa shape index (κ1) is 17.2. The van der Waals surface area contributed by atoms with E-state index < -0.39 is 11.9 Å². The van der Waals surface area contributed by atoms with E-state index in [1.54, 1.807) is 12.1 Å². The molecule has 1 saturated carbocycles. The van der Waals surface area contributed by atoms with Crippen molar-refractivity contribution in [2.45, 2.75) is 58.1 Å². The Balaban J connectivity index is 2.03.